The minimum atomic E-state index is 0.848. The van der Waals surface area contributed by atoms with Gasteiger partial charge in [0.15, 0.2) is 0 Å². The number of halogens is 1. The molecule has 3 nitrogen and oxygen atoms in total. The normalized spacial score (nSPS) is 11.0. The summed E-state index contributed by atoms with van der Waals surface area (Å²) in [4.78, 5) is 0. The molecule has 132 valence electrons. The summed E-state index contributed by atoms with van der Waals surface area (Å²) >= 11 is 5.09. The molecule has 0 aliphatic carbocycles. The topological polar surface area (TPSA) is 28.8 Å². The number of benzene rings is 3. The third-order valence-electron chi connectivity index (χ3n) is 3.92. The van der Waals surface area contributed by atoms with Gasteiger partial charge in [-0.2, -0.15) is 0 Å². The smallest absolute Gasteiger partial charge is 0.297 e. The Balaban J connectivity index is 1.68. The second-order valence-corrected chi connectivity index (χ2v) is 7.79. The molecule has 0 atom stereocenters. The van der Waals surface area contributed by atoms with Crippen molar-refractivity contribution in [3.05, 3.63) is 100.0 Å². The van der Waals surface area contributed by atoms with Crippen molar-refractivity contribution < 1.29 is 4.68 Å². The molecule has 1 heterocycles. The first-order chi connectivity index (χ1) is 13.3. The summed E-state index contributed by atoms with van der Waals surface area (Å²) in [6.45, 7) is 0. The molecule has 3 aromatic carbocycles. The van der Waals surface area contributed by atoms with Crippen LogP contribution in [0.15, 0.2) is 89.4 Å². The third-order valence-corrected chi connectivity index (χ3v) is 5.34. The number of nitrogens with zero attached hydrogens (tertiary/aromatic N) is 2. The van der Waals surface area contributed by atoms with Crippen molar-refractivity contribution in [3.8, 4) is 5.69 Å². The van der Waals surface area contributed by atoms with Crippen molar-refractivity contribution in [2.24, 2.45) is 0 Å². The summed E-state index contributed by atoms with van der Waals surface area (Å²) in [5.74, 6) is 0. The highest BCUT2D eigenvalue weighted by Crippen LogP contribution is 2.22. The number of nitrogens with one attached hydrogen (secondary N) is 1. The molecule has 4 rings (SSSR count). The van der Waals surface area contributed by atoms with Gasteiger partial charge < -0.3 is 5.32 Å². The summed E-state index contributed by atoms with van der Waals surface area (Å²) in [5, 5.41) is 10.0. The van der Waals surface area contributed by atoms with Crippen LogP contribution in [0.2, 0.25) is 0 Å². The van der Waals surface area contributed by atoms with Gasteiger partial charge in [-0.1, -0.05) is 64.5 Å². The molecule has 0 saturated carbocycles. The lowest BCUT2D eigenvalue weighted by molar-refractivity contribution is -0.654. The maximum Gasteiger partial charge on any atom is 0.297 e. The minimum absolute atomic E-state index is 0.848. The SMILES string of the molecule is Brc1ccc(/C=C/c2sc(Nc3ccccc3)n[n+]2-c2ccccc2)cc1. The van der Waals surface area contributed by atoms with E-state index in [0.717, 1.165) is 31.6 Å². The van der Waals surface area contributed by atoms with Crippen LogP contribution in [-0.4, -0.2) is 5.10 Å². The molecule has 5 heteroatoms. The summed E-state index contributed by atoms with van der Waals surface area (Å²) < 4.78 is 3.04. The standard InChI is InChI=1S/C22H17BrN3S/c23-18-14-11-17(12-15-18)13-16-21-26(20-9-5-2-6-10-20)25-22(27-21)24-19-7-3-1-4-8-19/h1-16H,(H,24,25)/q+1/b16-13+. The monoisotopic (exact) mass is 434 g/mol. The van der Waals surface area contributed by atoms with Gasteiger partial charge in [0.2, 0.25) is 5.69 Å². The molecule has 1 aromatic heterocycles. The Morgan fingerprint density at radius 1 is 0.815 bits per heavy atom. The molecule has 0 amide bonds. The van der Waals surface area contributed by atoms with Gasteiger partial charge in [-0.25, -0.2) is 0 Å². The zero-order valence-electron chi connectivity index (χ0n) is 14.4. The zero-order chi connectivity index (χ0) is 18.5. The Morgan fingerprint density at radius 2 is 1.48 bits per heavy atom. The summed E-state index contributed by atoms with van der Waals surface area (Å²) in [6.07, 6.45) is 4.20. The van der Waals surface area contributed by atoms with E-state index in [1.807, 2.05) is 65.3 Å². The van der Waals surface area contributed by atoms with E-state index in [-0.39, 0.29) is 0 Å². The second kappa shape index (κ2) is 8.29. The van der Waals surface area contributed by atoms with Crippen LogP contribution in [-0.2, 0) is 0 Å². The fourth-order valence-electron chi connectivity index (χ4n) is 2.60. The van der Waals surface area contributed by atoms with Crippen molar-refractivity contribution in [3.63, 3.8) is 0 Å². The van der Waals surface area contributed by atoms with E-state index in [9.17, 15) is 0 Å². The third kappa shape index (κ3) is 4.51. The molecular formula is C22H17BrN3S+. The number of hydrogen-bond acceptors (Lipinski definition) is 3. The van der Waals surface area contributed by atoms with E-state index < -0.39 is 0 Å². The Hall–Kier alpha value is -2.76. The first kappa shape index (κ1) is 17.6. The van der Waals surface area contributed by atoms with Crippen molar-refractivity contribution >= 4 is 50.2 Å². The van der Waals surface area contributed by atoms with Gasteiger partial charge in [0.25, 0.3) is 10.1 Å². The highest BCUT2D eigenvalue weighted by atomic mass is 79.9. The average molecular weight is 435 g/mol. The maximum atomic E-state index is 4.77. The van der Waals surface area contributed by atoms with Crippen molar-refractivity contribution in [1.29, 1.82) is 0 Å². The predicted molar refractivity (Wildman–Crippen MR) is 116 cm³/mol. The molecule has 0 spiro atoms. The highest BCUT2D eigenvalue weighted by Gasteiger charge is 2.20. The first-order valence-corrected chi connectivity index (χ1v) is 10.1. The number of aromatic nitrogens is 2. The first-order valence-electron chi connectivity index (χ1n) is 8.52. The molecule has 4 aromatic rings. The summed E-state index contributed by atoms with van der Waals surface area (Å²) in [6, 6.07) is 28.5. The van der Waals surface area contributed by atoms with Crippen LogP contribution in [0.25, 0.3) is 17.8 Å². The van der Waals surface area contributed by atoms with Gasteiger partial charge in [0.05, 0.1) is 0 Å². The molecule has 0 aliphatic heterocycles. The number of para-hydroxylation sites is 2. The van der Waals surface area contributed by atoms with Gasteiger partial charge in [-0.3, -0.25) is 0 Å². The van der Waals surface area contributed by atoms with E-state index >= 15 is 0 Å². The molecule has 0 fully saturated rings. The number of hydrogen-bond donors (Lipinski definition) is 1. The molecule has 27 heavy (non-hydrogen) atoms. The van der Waals surface area contributed by atoms with Crippen molar-refractivity contribution in [2.75, 3.05) is 5.32 Å². The van der Waals surface area contributed by atoms with E-state index in [4.69, 9.17) is 5.10 Å². The zero-order valence-corrected chi connectivity index (χ0v) is 16.8. The molecule has 0 aliphatic rings. The van der Waals surface area contributed by atoms with Crippen LogP contribution in [0.4, 0.5) is 10.8 Å². The van der Waals surface area contributed by atoms with Crippen molar-refractivity contribution in [1.82, 2.24) is 5.10 Å². The van der Waals surface area contributed by atoms with E-state index in [1.165, 1.54) is 0 Å². The van der Waals surface area contributed by atoms with E-state index in [0.29, 0.717) is 0 Å². The number of rotatable bonds is 5. The van der Waals surface area contributed by atoms with E-state index in [1.54, 1.807) is 11.3 Å². The average Bonchev–Trinajstić information content (AvgIpc) is 3.12. The lowest BCUT2D eigenvalue weighted by atomic mass is 10.2. The Morgan fingerprint density at radius 3 is 2.19 bits per heavy atom. The maximum absolute atomic E-state index is 4.77. The van der Waals surface area contributed by atoms with Crippen LogP contribution < -0.4 is 10.00 Å². The Kier molecular flexibility index (Phi) is 5.42. The van der Waals surface area contributed by atoms with Crippen LogP contribution in [0.1, 0.15) is 10.6 Å². The molecule has 0 saturated heterocycles. The van der Waals surface area contributed by atoms with E-state index in [2.05, 4.69) is 57.7 Å². The Labute approximate surface area is 170 Å². The van der Waals surface area contributed by atoms with Gasteiger partial charge in [0, 0.05) is 33.5 Å². The van der Waals surface area contributed by atoms with Gasteiger partial charge in [0.1, 0.15) is 0 Å². The molecule has 0 unspecified atom stereocenters. The number of anilines is 2. The van der Waals surface area contributed by atoms with Gasteiger partial charge in [-0.05, 0) is 51.9 Å². The van der Waals surface area contributed by atoms with Crippen LogP contribution >= 0.6 is 27.3 Å². The lowest BCUT2D eigenvalue weighted by Gasteiger charge is -1.97. The fourth-order valence-corrected chi connectivity index (χ4v) is 3.72. The molecule has 1 N–H and O–H groups in total. The van der Waals surface area contributed by atoms with Gasteiger partial charge in [-0.15, -0.1) is 0 Å². The molecular weight excluding hydrogens is 418 g/mol. The van der Waals surface area contributed by atoms with Gasteiger partial charge >= 0.3 is 0 Å². The molecule has 0 radical (unpaired) electrons. The van der Waals surface area contributed by atoms with Crippen LogP contribution in [0.5, 0.6) is 0 Å². The lowest BCUT2D eigenvalue weighted by Crippen LogP contribution is -2.35. The molecule has 0 bridgehead atoms. The minimum Gasteiger partial charge on any atom is -0.327 e. The predicted octanol–water partition coefficient (Wildman–Crippen LogP) is 6.10. The summed E-state index contributed by atoms with van der Waals surface area (Å²) in [7, 11) is 0. The van der Waals surface area contributed by atoms with Crippen molar-refractivity contribution in [2.45, 2.75) is 0 Å². The quantitative estimate of drug-likeness (QED) is 0.384. The van der Waals surface area contributed by atoms with Crippen LogP contribution in [0, 0.1) is 0 Å². The summed E-state index contributed by atoms with van der Waals surface area (Å²) in [5.41, 5.74) is 3.20. The Bertz CT molecular complexity index is 1040. The second-order valence-electron chi connectivity index (χ2n) is 5.87. The van der Waals surface area contributed by atoms with Crippen LogP contribution in [0.3, 0.4) is 0 Å². The largest absolute Gasteiger partial charge is 0.327 e. The fraction of sp³-hybridized carbons (Fsp3) is 0. The highest BCUT2D eigenvalue weighted by molar-refractivity contribution is 9.10.